The summed E-state index contributed by atoms with van der Waals surface area (Å²) in [6, 6.07) is 5.05. The predicted molar refractivity (Wildman–Crippen MR) is 55.8 cm³/mol. The number of benzene rings is 1. The summed E-state index contributed by atoms with van der Waals surface area (Å²) in [6.07, 6.45) is 3.13. The normalized spacial score (nSPS) is 17.4. The highest BCUT2D eigenvalue weighted by Gasteiger charge is 2.25. The van der Waals surface area contributed by atoms with Gasteiger partial charge in [0.15, 0.2) is 9.84 Å². The van der Waals surface area contributed by atoms with E-state index in [1.54, 1.807) is 0 Å². The molecule has 0 unspecified atom stereocenters. The first-order valence-electron chi connectivity index (χ1n) is 5.06. The number of hydrogen-bond donors (Lipinski definition) is 0. The molecule has 1 aromatic rings. The van der Waals surface area contributed by atoms with Crippen LogP contribution in [0.1, 0.15) is 19.3 Å². The molecule has 15 heavy (non-hydrogen) atoms. The Kier molecular flexibility index (Phi) is 2.78. The van der Waals surface area contributed by atoms with Crippen LogP contribution in [0.15, 0.2) is 29.2 Å². The fourth-order valence-corrected chi connectivity index (χ4v) is 3.41. The molecule has 0 spiro atoms. The van der Waals surface area contributed by atoms with E-state index >= 15 is 0 Å². The Morgan fingerprint density at radius 1 is 1.20 bits per heavy atom. The van der Waals surface area contributed by atoms with Crippen LogP contribution in [-0.2, 0) is 9.84 Å². The molecule has 0 amide bonds. The molecule has 1 aliphatic carbocycles. The molecule has 0 heterocycles. The van der Waals surface area contributed by atoms with Crippen molar-refractivity contribution < 1.29 is 12.8 Å². The summed E-state index contributed by atoms with van der Waals surface area (Å²) >= 11 is 0. The van der Waals surface area contributed by atoms with Crippen LogP contribution in [0.4, 0.5) is 4.39 Å². The summed E-state index contributed by atoms with van der Waals surface area (Å²) in [4.78, 5) is 0.232. The topological polar surface area (TPSA) is 34.1 Å². The lowest BCUT2D eigenvalue weighted by Gasteiger charge is -2.24. The average Bonchev–Trinajstić information content (AvgIpc) is 2.13. The molecule has 0 aliphatic heterocycles. The minimum Gasteiger partial charge on any atom is -0.224 e. The van der Waals surface area contributed by atoms with Crippen LogP contribution in [-0.4, -0.2) is 14.2 Å². The van der Waals surface area contributed by atoms with Crippen LogP contribution in [0, 0.1) is 11.7 Å². The van der Waals surface area contributed by atoms with Gasteiger partial charge in [-0.25, -0.2) is 12.8 Å². The maximum Gasteiger partial charge on any atom is 0.178 e. The second-order valence-corrected chi connectivity index (χ2v) is 6.07. The standard InChI is InChI=1S/C11H13FO2S/c12-10-4-6-11(7-5-10)15(13,14)8-9-2-1-3-9/h4-7,9H,1-3,8H2. The van der Waals surface area contributed by atoms with Crippen molar-refractivity contribution in [2.45, 2.75) is 24.2 Å². The summed E-state index contributed by atoms with van der Waals surface area (Å²) in [6.45, 7) is 0. The van der Waals surface area contributed by atoms with Gasteiger partial charge in [-0.15, -0.1) is 0 Å². The second kappa shape index (κ2) is 3.93. The van der Waals surface area contributed by atoms with Gasteiger partial charge in [0.25, 0.3) is 0 Å². The molecule has 0 N–H and O–H groups in total. The van der Waals surface area contributed by atoms with Crippen LogP contribution < -0.4 is 0 Å². The Bertz CT molecular complexity index is 432. The van der Waals surface area contributed by atoms with Crippen LogP contribution in [0.25, 0.3) is 0 Å². The van der Waals surface area contributed by atoms with Gasteiger partial charge in [0.2, 0.25) is 0 Å². The third-order valence-electron chi connectivity index (χ3n) is 2.85. The molecule has 0 aromatic heterocycles. The van der Waals surface area contributed by atoms with Gasteiger partial charge in [0, 0.05) is 0 Å². The molecule has 1 fully saturated rings. The van der Waals surface area contributed by atoms with Gasteiger partial charge in [-0.1, -0.05) is 6.42 Å². The van der Waals surface area contributed by atoms with Crippen LogP contribution in [0.3, 0.4) is 0 Å². The van der Waals surface area contributed by atoms with Crippen molar-refractivity contribution in [1.29, 1.82) is 0 Å². The van der Waals surface area contributed by atoms with Crippen molar-refractivity contribution in [2.24, 2.45) is 5.92 Å². The van der Waals surface area contributed by atoms with Crippen LogP contribution in [0.5, 0.6) is 0 Å². The molecular formula is C11H13FO2S. The number of sulfone groups is 1. The van der Waals surface area contributed by atoms with Crippen LogP contribution in [0.2, 0.25) is 0 Å². The molecule has 0 atom stereocenters. The van der Waals surface area contributed by atoms with Crippen molar-refractivity contribution >= 4 is 9.84 Å². The van der Waals surface area contributed by atoms with E-state index in [1.807, 2.05) is 0 Å². The molecular weight excluding hydrogens is 215 g/mol. The Morgan fingerprint density at radius 2 is 1.80 bits per heavy atom. The number of hydrogen-bond acceptors (Lipinski definition) is 2. The fraction of sp³-hybridized carbons (Fsp3) is 0.455. The van der Waals surface area contributed by atoms with Crippen molar-refractivity contribution in [3.8, 4) is 0 Å². The fourth-order valence-electron chi connectivity index (χ4n) is 1.71. The van der Waals surface area contributed by atoms with E-state index in [0.717, 1.165) is 19.3 Å². The molecule has 2 rings (SSSR count). The van der Waals surface area contributed by atoms with Gasteiger partial charge in [0.1, 0.15) is 5.82 Å². The molecule has 1 aromatic carbocycles. The largest absolute Gasteiger partial charge is 0.224 e. The van der Waals surface area contributed by atoms with E-state index in [1.165, 1.54) is 24.3 Å². The molecule has 1 saturated carbocycles. The average molecular weight is 228 g/mol. The van der Waals surface area contributed by atoms with E-state index in [2.05, 4.69) is 0 Å². The zero-order chi connectivity index (χ0) is 10.9. The smallest absolute Gasteiger partial charge is 0.178 e. The van der Waals surface area contributed by atoms with Crippen LogP contribution >= 0.6 is 0 Å². The highest BCUT2D eigenvalue weighted by Crippen LogP contribution is 2.29. The van der Waals surface area contributed by atoms with Gasteiger partial charge in [-0.2, -0.15) is 0 Å². The van der Waals surface area contributed by atoms with Crippen molar-refractivity contribution in [2.75, 3.05) is 5.75 Å². The summed E-state index contributed by atoms with van der Waals surface area (Å²) in [5.74, 6) is 0.108. The monoisotopic (exact) mass is 228 g/mol. The van der Waals surface area contributed by atoms with E-state index in [9.17, 15) is 12.8 Å². The quantitative estimate of drug-likeness (QED) is 0.744. The van der Waals surface area contributed by atoms with Crippen molar-refractivity contribution in [1.82, 2.24) is 0 Å². The van der Waals surface area contributed by atoms with Gasteiger partial charge in [-0.05, 0) is 43.0 Å². The lowest BCUT2D eigenvalue weighted by molar-refractivity contribution is 0.347. The van der Waals surface area contributed by atoms with E-state index in [-0.39, 0.29) is 10.6 Å². The third kappa shape index (κ3) is 2.37. The molecule has 82 valence electrons. The molecule has 1 aliphatic rings. The molecule has 0 bridgehead atoms. The van der Waals surface area contributed by atoms with Gasteiger partial charge in [-0.3, -0.25) is 0 Å². The summed E-state index contributed by atoms with van der Waals surface area (Å²) in [5.41, 5.74) is 0. The summed E-state index contributed by atoms with van der Waals surface area (Å²) < 4.78 is 36.3. The Hall–Kier alpha value is -0.900. The minimum absolute atomic E-state index is 0.207. The van der Waals surface area contributed by atoms with Gasteiger partial charge >= 0.3 is 0 Å². The predicted octanol–water partition coefficient (Wildman–Crippen LogP) is 2.40. The zero-order valence-electron chi connectivity index (χ0n) is 8.32. The Balaban J connectivity index is 2.17. The highest BCUT2D eigenvalue weighted by atomic mass is 32.2. The Labute approximate surface area is 89.0 Å². The first kappa shape index (κ1) is 10.6. The van der Waals surface area contributed by atoms with Crippen molar-refractivity contribution in [3.05, 3.63) is 30.1 Å². The van der Waals surface area contributed by atoms with Crippen molar-refractivity contribution in [3.63, 3.8) is 0 Å². The van der Waals surface area contributed by atoms with Gasteiger partial charge in [0.05, 0.1) is 10.6 Å². The molecule has 0 saturated heterocycles. The Morgan fingerprint density at radius 3 is 2.27 bits per heavy atom. The lowest BCUT2D eigenvalue weighted by atomic mass is 9.87. The van der Waals surface area contributed by atoms with E-state index < -0.39 is 15.7 Å². The number of halogens is 1. The second-order valence-electron chi connectivity index (χ2n) is 4.03. The van der Waals surface area contributed by atoms with E-state index in [4.69, 9.17) is 0 Å². The molecule has 2 nitrogen and oxygen atoms in total. The summed E-state index contributed by atoms with van der Waals surface area (Å²) in [5, 5.41) is 0. The SMILES string of the molecule is O=S(=O)(CC1CCC1)c1ccc(F)cc1. The first-order valence-corrected chi connectivity index (χ1v) is 6.71. The molecule has 4 heteroatoms. The zero-order valence-corrected chi connectivity index (χ0v) is 9.13. The molecule has 0 radical (unpaired) electrons. The lowest BCUT2D eigenvalue weighted by Crippen LogP contribution is -2.22. The minimum atomic E-state index is -3.20. The highest BCUT2D eigenvalue weighted by molar-refractivity contribution is 7.91. The van der Waals surface area contributed by atoms with Gasteiger partial charge < -0.3 is 0 Å². The summed E-state index contributed by atoms with van der Waals surface area (Å²) in [7, 11) is -3.20. The van der Waals surface area contributed by atoms with E-state index in [0.29, 0.717) is 5.92 Å². The maximum absolute atomic E-state index is 12.6. The maximum atomic E-state index is 12.6. The third-order valence-corrected chi connectivity index (χ3v) is 4.75. The number of rotatable bonds is 3. The first-order chi connectivity index (χ1) is 7.08.